The van der Waals surface area contributed by atoms with Gasteiger partial charge in [-0.1, -0.05) is 25.1 Å². The van der Waals surface area contributed by atoms with Crippen molar-refractivity contribution < 1.29 is 9.53 Å². The molecule has 1 aliphatic rings. The normalized spacial score (nSPS) is 30.3. The molecule has 1 heterocycles. The minimum atomic E-state index is -0.176. The molecule has 0 aromatic heterocycles. The van der Waals surface area contributed by atoms with E-state index in [1.807, 2.05) is 37.3 Å². The number of cyclic esters (lactones) is 1. The van der Waals surface area contributed by atoms with Gasteiger partial charge >= 0.3 is 5.97 Å². The van der Waals surface area contributed by atoms with Gasteiger partial charge in [-0.05, 0) is 28.1 Å². The van der Waals surface area contributed by atoms with Crippen LogP contribution in [0.4, 0.5) is 0 Å². The predicted molar refractivity (Wildman–Crippen MR) is 64.1 cm³/mol. The molecule has 1 aromatic rings. The molecule has 0 radical (unpaired) electrons. The van der Waals surface area contributed by atoms with E-state index in [1.54, 1.807) is 11.8 Å². The summed E-state index contributed by atoms with van der Waals surface area (Å²) in [6.07, 6.45) is 0. The van der Waals surface area contributed by atoms with Gasteiger partial charge in [-0.3, -0.25) is 4.79 Å². The third-order valence-electron chi connectivity index (χ3n) is 2.37. The number of alkyl halides is 1. The summed E-state index contributed by atoms with van der Waals surface area (Å²) in [5.41, 5.74) is 0. The van der Waals surface area contributed by atoms with Crippen molar-refractivity contribution in [3.63, 3.8) is 0 Å². The first-order valence-corrected chi connectivity index (χ1v) is 6.54. The van der Waals surface area contributed by atoms with Gasteiger partial charge in [0.05, 0.1) is 11.2 Å². The maximum atomic E-state index is 11.3. The van der Waals surface area contributed by atoms with E-state index < -0.39 is 0 Å². The van der Waals surface area contributed by atoms with Gasteiger partial charge < -0.3 is 4.74 Å². The minimum Gasteiger partial charge on any atom is -0.449 e. The number of thioether (sulfide) groups is 1. The molecule has 0 aliphatic carbocycles. The fraction of sp³-hybridized carbons (Fsp3) is 0.364. The average Bonchev–Trinajstić information content (AvgIpc) is 2.47. The number of hydrogen-bond donors (Lipinski definition) is 0. The highest BCUT2D eigenvalue weighted by molar-refractivity contribution is 9.09. The van der Waals surface area contributed by atoms with Crippen molar-refractivity contribution in [3.8, 4) is 0 Å². The van der Waals surface area contributed by atoms with E-state index in [2.05, 4.69) is 15.9 Å². The number of esters is 1. The van der Waals surface area contributed by atoms with Crippen LogP contribution in [0.2, 0.25) is 0 Å². The Morgan fingerprint density at radius 1 is 1.33 bits per heavy atom. The van der Waals surface area contributed by atoms with Gasteiger partial charge in [-0.15, -0.1) is 11.8 Å². The molecule has 0 unspecified atom stereocenters. The number of carbonyl (C=O) groups is 1. The Balaban J connectivity index is 2.09. The standard InChI is InChI=1S/C11H11BrO2S/c1-7-9(10(12)14-11(7)13)15-8-5-3-2-4-6-8/h2-7,9-10H,1H3/t7-,9+,10+/m0/s1. The second kappa shape index (κ2) is 4.58. The molecule has 0 bridgehead atoms. The van der Waals surface area contributed by atoms with Crippen LogP contribution in [0.15, 0.2) is 35.2 Å². The number of benzene rings is 1. The summed E-state index contributed by atoms with van der Waals surface area (Å²) in [6, 6.07) is 10.1. The third kappa shape index (κ3) is 2.37. The number of hydrogen-bond acceptors (Lipinski definition) is 3. The molecular formula is C11H11BrO2S. The highest BCUT2D eigenvalue weighted by atomic mass is 79.9. The molecule has 80 valence electrons. The molecule has 2 nitrogen and oxygen atoms in total. The number of carbonyl (C=O) groups excluding carboxylic acids is 1. The molecule has 15 heavy (non-hydrogen) atoms. The van der Waals surface area contributed by atoms with Gasteiger partial charge in [0.15, 0.2) is 5.01 Å². The van der Waals surface area contributed by atoms with Gasteiger partial charge in [0.1, 0.15) is 0 Å². The zero-order valence-electron chi connectivity index (χ0n) is 8.22. The van der Waals surface area contributed by atoms with Crippen molar-refractivity contribution in [2.45, 2.75) is 22.1 Å². The molecule has 0 spiro atoms. The highest BCUT2D eigenvalue weighted by Crippen LogP contribution is 2.38. The summed E-state index contributed by atoms with van der Waals surface area (Å²) in [5, 5.41) is -0.0230. The van der Waals surface area contributed by atoms with Crippen molar-refractivity contribution in [2.75, 3.05) is 0 Å². The second-order valence-electron chi connectivity index (χ2n) is 3.47. The molecule has 0 amide bonds. The number of halogens is 1. The first-order chi connectivity index (χ1) is 7.18. The number of rotatable bonds is 2. The molecule has 3 atom stereocenters. The van der Waals surface area contributed by atoms with E-state index in [1.165, 1.54) is 0 Å². The van der Waals surface area contributed by atoms with Crippen molar-refractivity contribution in [1.29, 1.82) is 0 Å². The molecule has 1 fully saturated rings. The molecular weight excluding hydrogens is 276 g/mol. The minimum absolute atomic E-state index is 0.0559. The van der Waals surface area contributed by atoms with Crippen LogP contribution in [-0.2, 0) is 9.53 Å². The summed E-state index contributed by atoms with van der Waals surface area (Å²) in [7, 11) is 0. The Morgan fingerprint density at radius 3 is 2.53 bits per heavy atom. The van der Waals surface area contributed by atoms with Gasteiger partial charge in [0.25, 0.3) is 0 Å². The molecule has 1 aromatic carbocycles. The SMILES string of the molecule is C[C@@H]1C(=O)O[C@@H](Br)[C@@H]1Sc1ccccc1. The predicted octanol–water partition coefficient (Wildman–Crippen LogP) is 3.06. The topological polar surface area (TPSA) is 26.3 Å². The van der Waals surface area contributed by atoms with Crippen molar-refractivity contribution in [3.05, 3.63) is 30.3 Å². The zero-order chi connectivity index (χ0) is 10.8. The van der Waals surface area contributed by atoms with Crippen LogP contribution >= 0.6 is 27.7 Å². The highest BCUT2D eigenvalue weighted by Gasteiger charge is 2.40. The average molecular weight is 287 g/mol. The summed E-state index contributed by atoms with van der Waals surface area (Å²) >= 11 is 5.06. The molecule has 4 heteroatoms. The Hall–Kier alpha value is -0.480. The summed E-state index contributed by atoms with van der Waals surface area (Å²) < 4.78 is 5.12. The Morgan fingerprint density at radius 2 is 2.00 bits per heavy atom. The lowest BCUT2D eigenvalue weighted by Crippen LogP contribution is -2.17. The van der Waals surface area contributed by atoms with E-state index in [0.717, 1.165) is 4.90 Å². The maximum Gasteiger partial charge on any atom is 0.311 e. The molecule has 0 N–H and O–H groups in total. The largest absolute Gasteiger partial charge is 0.449 e. The monoisotopic (exact) mass is 286 g/mol. The molecule has 2 rings (SSSR count). The van der Waals surface area contributed by atoms with Crippen molar-refractivity contribution >= 4 is 33.7 Å². The summed E-state index contributed by atoms with van der Waals surface area (Å²) in [4.78, 5) is 12.5. The lowest BCUT2D eigenvalue weighted by Gasteiger charge is -2.13. The Labute approximate surface area is 102 Å². The van der Waals surface area contributed by atoms with E-state index in [9.17, 15) is 4.79 Å². The van der Waals surface area contributed by atoms with Crippen LogP contribution in [0.5, 0.6) is 0 Å². The van der Waals surface area contributed by atoms with Crippen LogP contribution in [-0.4, -0.2) is 16.2 Å². The fourth-order valence-corrected chi connectivity index (χ4v) is 3.53. The zero-order valence-corrected chi connectivity index (χ0v) is 10.6. The van der Waals surface area contributed by atoms with Crippen LogP contribution in [0, 0.1) is 5.92 Å². The lowest BCUT2D eigenvalue weighted by atomic mass is 10.1. The van der Waals surface area contributed by atoms with Gasteiger partial charge in [0, 0.05) is 4.90 Å². The van der Waals surface area contributed by atoms with Gasteiger partial charge in [0.2, 0.25) is 0 Å². The van der Waals surface area contributed by atoms with Crippen LogP contribution < -0.4 is 0 Å². The summed E-state index contributed by atoms with van der Waals surface area (Å²) in [5.74, 6) is -0.176. The van der Waals surface area contributed by atoms with Crippen molar-refractivity contribution in [2.24, 2.45) is 5.92 Å². The quantitative estimate of drug-likeness (QED) is 0.617. The van der Waals surface area contributed by atoms with E-state index in [4.69, 9.17) is 4.74 Å². The third-order valence-corrected chi connectivity index (χ3v) is 4.95. The van der Waals surface area contributed by atoms with E-state index in [0.29, 0.717) is 0 Å². The first kappa shape index (κ1) is 11.0. The second-order valence-corrected chi connectivity index (χ2v) is 5.63. The summed E-state index contributed by atoms with van der Waals surface area (Å²) in [6.45, 7) is 1.91. The first-order valence-electron chi connectivity index (χ1n) is 4.75. The van der Waals surface area contributed by atoms with Crippen LogP contribution in [0.25, 0.3) is 0 Å². The maximum absolute atomic E-state index is 11.3. The van der Waals surface area contributed by atoms with Gasteiger partial charge in [-0.25, -0.2) is 0 Å². The Kier molecular flexibility index (Phi) is 3.36. The van der Waals surface area contributed by atoms with E-state index in [-0.39, 0.29) is 22.2 Å². The molecule has 1 aliphatic heterocycles. The van der Waals surface area contributed by atoms with Crippen molar-refractivity contribution in [1.82, 2.24) is 0 Å². The van der Waals surface area contributed by atoms with Crippen LogP contribution in [0.1, 0.15) is 6.92 Å². The van der Waals surface area contributed by atoms with Gasteiger partial charge in [-0.2, -0.15) is 0 Å². The molecule has 0 saturated carbocycles. The molecule has 1 saturated heterocycles. The smallest absolute Gasteiger partial charge is 0.311 e. The number of ether oxygens (including phenoxy) is 1. The Bertz CT molecular complexity index is 355. The van der Waals surface area contributed by atoms with E-state index >= 15 is 0 Å². The fourth-order valence-electron chi connectivity index (χ4n) is 1.46. The van der Waals surface area contributed by atoms with Crippen LogP contribution in [0.3, 0.4) is 0 Å². The lowest BCUT2D eigenvalue weighted by molar-refractivity contribution is -0.141.